The Bertz CT molecular complexity index is 497. The van der Waals surface area contributed by atoms with Crippen molar-refractivity contribution in [2.24, 2.45) is 0 Å². The average Bonchev–Trinajstić information content (AvgIpc) is 2.55. The van der Waals surface area contributed by atoms with Crippen LogP contribution in [0.5, 0.6) is 0 Å². The second-order valence-electron chi connectivity index (χ2n) is 5.16. The molecule has 2 rings (SSSR count). The third kappa shape index (κ3) is 6.66. The number of carboxylic acid groups (broad SMARTS) is 2. The zero-order chi connectivity index (χ0) is 17.4. The second-order valence-corrected chi connectivity index (χ2v) is 6.08. The average molecular weight is 390 g/mol. The summed E-state index contributed by atoms with van der Waals surface area (Å²) in [5.74, 6) is -2.81. The summed E-state index contributed by atoms with van der Waals surface area (Å²) in [5.41, 5.74) is 1.47. The van der Waals surface area contributed by atoms with Crippen molar-refractivity contribution in [3.8, 4) is 0 Å². The van der Waals surface area contributed by atoms with E-state index >= 15 is 0 Å². The number of aliphatic hydroxyl groups is 2. The molecule has 1 heterocycles. The number of halogens is 1. The minimum absolute atomic E-state index is 0.724. The fourth-order valence-electron chi connectivity index (χ4n) is 2.14. The predicted molar refractivity (Wildman–Crippen MR) is 86.3 cm³/mol. The molecule has 1 aromatic carbocycles. The first-order valence-corrected chi connectivity index (χ1v) is 7.90. The molecule has 0 bridgehead atoms. The number of aliphatic hydroxyl groups excluding tert-OH is 2. The minimum atomic E-state index is -2.27. The maximum atomic E-state index is 9.77. The molecule has 128 valence electrons. The van der Waals surface area contributed by atoms with E-state index in [-0.39, 0.29) is 0 Å². The topological polar surface area (TPSA) is 127 Å². The smallest absolute Gasteiger partial charge is 0.335 e. The van der Waals surface area contributed by atoms with Gasteiger partial charge in [-0.15, -0.1) is 0 Å². The summed E-state index contributed by atoms with van der Waals surface area (Å²) in [6.45, 7) is 2.33. The highest BCUT2D eigenvalue weighted by atomic mass is 79.9. The minimum Gasteiger partial charge on any atom is -0.479 e. The van der Waals surface area contributed by atoms with E-state index in [4.69, 9.17) is 20.4 Å². The largest absolute Gasteiger partial charge is 0.479 e. The molecule has 1 saturated heterocycles. The number of carbonyl (C=O) groups is 2. The van der Waals surface area contributed by atoms with Gasteiger partial charge in [0.25, 0.3) is 0 Å². The summed E-state index contributed by atoms with van der Waals surface area (Å²) in [7, 11) is 0. The SMILES string of the molecule is Brc1ccc([C@H]2CCCNC2)cc1.O=C(O)[C@H](O)[C@@H](O)C(=O)O. The molecule has 0 saturated carbocycles. The normalized spacial score (nSPS) is 19.9. The van der Waals surface area contributed by atoms with Crippen LogP contribution >= 0.6 is 15.9 Å². The van der Waals surface area contributed by atoms with Gasteiger partial charge in [0.15, 0.2) is 12.2 Å². The van der Waals surface area contributed by atoms with Gasteiger partial charge in [0.05, 0.1) is 0 Å². The number of benzene rings is 1. The third-order valence-corrected chi connectivity index (χ3v) is 3.97. The van der Waals surface area contributed by atoms with Gasteiger partial charge in [-0.2, -0.15) is 0 Å². The first-order valence-electron chi connectivity index (χ1n) is 7.11. The molecule has 0 spiro atoms. The van der Waals surface area contributed by atoms with E-state index in [1.54, 1.807) is 0 Å². The lowest BCUT2D eigenvalue weighted by Crippen LogP contribution is -2.39. The second kappa shape index (κ2) is 9.61. The van der Waals surface area contributed by atoms with E-state index in [9.17, 15) is 9.59 Å². The van der Waals surface area contributed by atoms with E-state index in [1.165, 1.54) is 29.4 Å². The van der Waals surface area contributed by atoms with E-state index < -0.39 is 24.1 Å². The molecule has 1 aliphatic heterocycles. The monoisotopic (exact) mass is 389 g/mol. The highest BCUT2D eigenvalue weighted by Gasteiger charge is 2.29. The Hall–Kier alpha value is -1.48. The summed E-state index contributed by atoms with van der Waals surface area (Å²) in [4.78, 5) is 19.5. The maximum absolute atomic E-state index is 9.77. The van der Waals surface area contributed by atoms with Gasteiger partial charge < -0.3 is 25.7 Å². The number of hydrogen-bond donors (Lipinski definition) is 5. The Morgan fingerprint density at radius 3 is 2.00 bits per heavy atom. The van der Waals surface area contributed by atoms with Crippen LogP contribution in [0.2, 0.25) is 0 Å². The van der Waals surface area contributed by atoms with Crippen molar-refractivity contribution in [1.82, 2.24) is 5.32 Å². The number of rotatable bonds is 4. The van der Waals surface area contributed by atoms with Gasteiger partial charge in [-0.3, -0.25) is 0 Å². The first-order chi connectivity index (χ1) is 10.8. The van der Waals surface area contributed by atoms with E-state index in [0.29, 0.717) is 0 Å². The molecule has 8 heteroatoms. The Kier molecular flexibility index (Phi) is 8.18. The summed E-state index contributed by atoms with van der Waals surface area (Å²) in [6, 6.07) is 8.71. The van der Waals surface area contributed by atoms with Crippen molar-refractivity contribution in [2.75, 3.05) is 13.1 Å². The van der Waals surface area contributed by atoms with Crippen molar-refractivity contribution in [1.29, 1.82) is 0 Å². The molecule has 1 aromatic rings. The van der Waals surface area contributed by atoms with Crippen molar-refractivity contribution < 1.29 is 30.0 Å². The van der Waals surface area contributed by atoms with Gasteiger partial charge in [0, 0.05) is 11.0 Å². The fourth-order valence-corrected chi connectivity index (χ4v) is 2.41. The van der Waals surface area contributed by atoms with Crippen LogP contribution in [0.1, 0.15) is 24.3 Å². The maximum Gasteiger partial charge on any atom is 0.335 e. The van der Waals surface area contributed by atoms with Crippen LogP contribution in [0.15, 0.2) is 28.7 Å². The quantitative estimate of drug-likeness (QED) is 0.515. The van der Waals surface area contributed by atoms with E-state index in [1.807, 2.05) is 0 Å². The first kappa shape index (κ1) is 19.6. The molecule has 1 aliphatic rings. The lowest BCUT2D eigenvalue weighted by molar-refractivity contribution is -0.165. The number of piperidine rings is 1. The van der Waals surface area contributed by atoms with Crippen LogP contribution in [-0.2, 0) is 9.59 Å². The fraction of sp³-hybridized carbons (Fsp3) is 0.467. The van der Waals surface area contributed by atoms with Crippen molar-refractivity contribution in [3.05, 3.63) is 34.3 Å². The molecule has 0 amide bonds. The Morgan fingerprint density at radius 2 is 1.61 bits per heavy atom. The number of carboxylic acids is 2. The standard InChI is InChI=1S/C11H14BrN.C4H6O6/c12-11-5-3-9(4-6-11)10-2-1-7-13-8-10;5-1(3(7)8)2(6)4(9)10/h3-6,10,13H,1-2,7-8H2;1-2,5-6H,(H,7,8)(H,9,10)/t10-;1-,2-/m01/s1. The van der Waals surface area contributed by atoms with Gasteiger partial charge in [-0.25, -0.2) is 9.59 Å². The molecule has 1 fully saturated rings. The molecule has 5 N–H and O–H groups in total. The van der Waals surface area contributed by atoms with Crippen LogP contribution in [0, 0.1) is 0 Å². The zero-order valence-corrected chi connectivity index (χ0v) is 13.9. The summed E-state index contributed by atoms with van der Waals surface area (Å²) in [5, 5.41) is 36.0. The molecular formula is C15H20BrNO6. The molecule has 0 aliphatic carbocycles. The predicted octanol–water partition coefficient (Wildman–Crippen LogP) is 0.793. The van der Waals surface area contributed by atoms with Gasteiger partial charge in [0.2, 0.25) is 0 Å². The third-order valence-electron chi connectivity index (χ3n) is 3.44. The zero-order valence-electron chi connectivity index (χ0n) is 12.4. The van der Waals surface area contributed by atoms with Gasteiger partial charge in [0.1, 0.15) is 0 Å². The highest BCUT2D eigenvalue weighted by molar-refractivity contribution is 9.10. The lowest BCUT2D eigenvalue weighted by Gasteiger charge is -2.22. The van der Waals surface area contributed by atoms with Crippen LogP contribution in [0.25, 0.3) is 0 Å². The number of nitrogens with one attached hydrogen (secondary N) is 1. The van der Waals surface area contributed by atoms with Crippen molar-refractivity contribution >= 4 is 27.9 Å². The Labute approximate surface area is 142 Å². The Balaban J connectivity index is 0.000000241. The van der Waals surface area contributed by atoms with E-state index in [0.717, 1.165) is 12.5 Å². The van der Waals surface area contributed by atoms with Crippen LogP contribution in [0.4, 0.5) is 0 Å². The number of aliphatic carboxylic acids is 2. The summed E-state index contributed by atoms with van der Waals surface area (Å²) in [6.07, 6.45) is -1.90. The van der Waals surface area contributed by atoms with Gasteiger partial charge in [-0.05, 0) is 43.0 Å². The lowest BCUT2D eigenvalue weighted by atomic mass is 9.92. The van der Waals surface area contributed by atoms with Crippen molar-refractivity contribution in [3.63, 3.8) is 0 Å². The molecule has 0 aromatic heterocycles. The van der Waals surface area contributed by atoms with Crippen LogP contribution < -0.4 is 5.32 Å². The van der Waals surface area contributed by atoms with Crippen molar-refractivity contribution in [2.45, 2.75) is 31.0 Å². The highest BCUT2D eigenvalue weighted by Crippen LogP contribution is 2.24. The molecule has 7 nitrogen and oxygen atoms in total. The number of hydrogen-bond acceptors (Lipinski definition) is 5. The summed E-state index contributed by atoms with van der Waals surface area (Å²) >= 11 is 3.45. The van der Waals surface area contributed by atoms with Gasteiger partial charge >= 0.3 is 11.9 Å². The Morgan fingerprint density at radius 1 is 1.09 bits per heavy atom. The molecule has 3 atom stereocenters. The molecule has 23 heavy (non-hydrogen) atoms. The van der Waals surface area contributed by atoms with E-state index in [2.05, 4.69) is 45.5 Å². The molecule has 0 radical (unpaired) electrons. The molecular weight excluding hydrogens is 370 g/mol. The van der Waals surface area contributed by atoms with Gasteiger partial charge in [-0.1, -0.05) is 28.1 Å². The van der Waals surface area contributed by atoms with Crippen LogP contribution in [-0.4, -0.2) is 57.7 Å². The van der Waals surface area contributed by atoms with Crippen LogP contribution in [0.3, 0.4) is 0 Å². The summed E-state index contributed by atoms with van der Waals surface area (Å²) < 4.78 is 1.17. The molecule has 0 unspecified atom stereocenters.